The number of nitrogens with zero attached hydrogens (tertiary/aromatic N) is 3. The number of aliphatic carboxylic acids is 1. The Kier molecular flexibility index (Phi) is 11.0. The van der Waals surface area contributed by atoms with E-state index in [1.807, 2.05) is 74.4 Å². The molecule has 1 saturated heterocycles. The van der Waals surface area contributed by atoms with E-state index in [2.05, 4.69) is 5.32 Å². The third-order valence-corrected chi connectivity index (χ3v) is 10.7. The number of fused-ring (bicyclic) bond motifs is 6. The highest BCUT2D eigenvalue weighted by Gasteiger charge is 2.54. The number of carboxylic acid groups (broad SMARTS) is 1. The molecule has 13 heteroatoms. The van der Waals surface area contributed by atoms with E-state index in [-0.39, 0.29) is 38.2 Å². The van der Waals surface area contributed by atoms with Crippen LogP contribution in [0.15, 0.2) is 54.6 Å². The highest BCUT2D eigenvalue weighted by atomic mass is 16.6. The van der Waals surface area contributed by atoms with Crippen LogP contribution in [-0.2, 0) is 29.5 Å². The minimum atomic E-state index is -1.25. The second-order valence-electron chi connectivity index (χ2n) is 15.1. The lowest BCUT2D eigenvalue weighted by Crippen LogP contribution is -2.44. The number of unbranched alkanes of at least 4 members (excludes halogenated alkanes) is 2. The van der Waals surface area contributed by atoms with Gasteiger partial charge in [-0.3, -0.25) is 19.2 Å². The molecule has 0 unspecified atom stereocenters. The molecule has 3 aliphatic heterocycles. The maximum atomic E-state index is 13.6. The number of carbonyl (C=O) groups excluding carboxylic acids is 4. The predicted octanol–water partition coefficient (Wildman–Crippen LogP) is 5.71. The largest absolute Gasteiger partial charge is 0.481 e. The van der Waals surface area contributed by atoms with Crippen LogP contribution in [0, 0.1) is 5.41 Å². The molecule has 55 heavy (non-hydrogen) atoms. The van der Waals surface area contributed by atoms with Gasteiger partial charge in [0.1, 0.15) is 11.5 Å². The van der Waals surface area contributed by atoms with Crippen LogP contribution in [0.1, 0.15) is 97.0 Å². The van der Waals surface area contributed by atoms with Crippen LogP contribution in [0.3, 0.4) is 0 Å². The van der Waals surface area contributed by atoms with Crippen molar-refractivity contribution in [3.05, 3.63) is 82.4 Å². The van der Waals surface area contributed by atoms with Crippen LogP contribution in [-0.4, -0.2) is 94.2 Å². The summed E-state index contributed by atoms with van der Waals surface area (Å²) < 4.78 is 26.1. The minimum absolute atomic E-state index is 0.0277. The molecule has 13 nitrogen and oxygen atoms in total. The van der Waals surface area contributed by atoms with Crippen molar-refractivity contribution in [3.63, 3.8) is 0 Å². The van der Waals surface area contributed by atoms with Gasteiger partial charge in [-0.1, -0.05) is 19.4 Å². The van der Waals surface area contributed by atoms with E-state index in [4.69, 9.17) is 20.7 Å². The SMILES string of the molecule is [3H]CC1(COC(=O)CCC(=O)O)CCN(C(=O)CCCCCNC(=O)c2ccc3c(c2)C(=O)OC32c3ccc(N(C)C)cc3Oc3cc(N(C)C)ccc32)CC1. The zero-order valence-corrected chi connectivity index (χ0v) is 31.9. The fourth-order valence-electron chi connectivity index (χ4n) is 7.33. The summed E-state index contributed by atoms with van der Waals surface area (Å²) in [5.41, 5.74) is 2.77. The topological polar surface area (TPSA) is 155 Å². The predicted molar refractivity (Wildman–Crippen MR) is 206 cm³/mol. The van der Waals surface area contributed by atoms with Crippen LogP contribution < -0.4 is 19.9 Å². The van der Waals surface area contributed by atoms with Crippen LogP contribution in [0.5, 0.6) is 11.5 Å². The van der Waals surface area contributed by atoms with Crippen LogP contribution in [0.4, 0.5) is 11.4 Å². The number of anilines is 2. The summed E-state index contributed by atoms with van der Waals surface area (Å²) in [5.74, 6) is -1.31. The van der Waals surface area contributed by atoms with Gasteiger partial charge in [0.2, 0.25) is 5.91 Å². The van der Waals surface area contributed by atoms with Crippen molar-refractivity contribution >= 4 is 41.1 Å². The van der Waals surface area contributed by atoms with Gasteiger partial charge < -0.3 is 39.3 Å². The first-order valence-corrected chi connectivity index (χ1v) is 18.7. The Morgan fingerprint density at radius 3 is 2.09 bits per heavy atom. The summed E-state index contributed by atoms with van der Waals surface area (Å²) in [6.45, 7) is 1.44. The third-order valence-electron chi connectivity index (χ3n) is 10.7. The first-order chi connectivity index (χ1) is 26.8. The lowest BCUT2D eigenvalue weighted by atomic mass is 9.77. The van der Waals surface area contributed by atoms with Crippen LogP contribution in [0.2, 0.25) is 0 Å². The van der Waals surface area contributed by atoms with Gasteiger partial charge in [0.05, 0.1) is 25.0 Å². The summed E-state index contributed by atoms with van der Waals surface area (Å²) in [6.07, 6.45) is 2.98. The second kappa shape index (κ2) is 16.0. The van der Waals surface area contributed by atoms with E-state index < -0.39 is 28.9 Å². The molecule has 0 bridgehead atoms. The molecular formula is C42H50N4O9. The zero-order chi connectivity index (χ0) is 40.2. The maximum Gasteiger partial charge on any atom is 0.340 e. The van der Waals surface area contributed by atoms with Gasteiger partial charge in [0.25, 0.3) is 5.91 Å². The average molecular weight is 757 g/mol. The first kappa shape index (κ1) is 37.7. The number of ether oxygens (including phenoxy) is 3. The number of piperidine rings is 1. The molecule has 0 radical (unpaired) electrons. The molecule has 3 aliphatic rings. The quantitative estimate of drug-likeness (QED) is 0.154. The van der Waals surface area contributed by atoms with E-state index in [0.29, 0.717) is 91.1 Å². The van der Waals surface area contributed by atoms with Crippen molar-refractivity contribution in [2.45, 2.75) is 63.9 Å². The van der Waals surface area contributed by atoms with E-state index >= 15 is 0 Å². The number of carbonyl (C=O) groups is 5. The van der Waals surface area contributed by atoms with Crippen molar-refractivity contribution in [1.82, 2.24) is 10.2 Å². The lowest BCUT2D eigenvalue weighted by Gasteiger charge is -2.39. The smallest absolute Gasteiger partial charge is 0.340 e. The van der Waals surface area contributed by atoms with Crippen molar-refractivity contribution in [1.29, 1.82) is 0 Å². The van der Waals surface area contributed by atoms with Gasteiger partial charge in [-0.05, 0) is 62.1 Å². The zero-order valence-electron chi connectivity index (χ0n) is 32.9. The highest BCUT2D eigenvalue weighted by Crippen LogP contribution is 2.57. The number of carboxylic acids is 1. The van der Waals surface area contributed by atoms with E-state index in [0.717, 1.165) is 17.8 Å². The maximum absolute atomic E-state index is 13.6. The summed E-state index contributed by atoms with van der Waals surface area (Å²) >= 11 is 0. The highest BCUT2D eigenvalue weighted by molar-refractivity contribution is 6.01. The number of rotatable bonds is 14. The number of likely N-dealkylation sites (tertiary alicyclic amines) is 1. The van der Waals surface area contributed by atoms with Gasteiger partial charge in [-0.15, -0.1) is 0 Å². The molecule has 0 aromatic heterocycles. The molecule has 1 fully saturated rings. The molecule has 3 aromatic rings. The monoisotopic (exact) mass is 756 g/mol. The third kappa shape index (κ3) is 8.25. The van der Waals surface area contributed by atoms with Gasteiger partial charge >= 0.3 is 17.9 Å². The molecule has 292 valence electrons. The summed E-state index contributed by atoms with van der Waals surface area (Å²) in [7, 11) is 7.78. The summed E-state index contributed by atoms with van der Waals surface area (Å²) in [6, 6.07) is 16.7. The first-order valence-electron chi connectivity index (χ1n) is 19.4. The molecule has 0 saturated carbocycles. The summed E-state index contributed by atoms with van der Waals surface area (Å²) in [5, 5.41) is 11.7. The van der Waals surface area contributed by atoms with Gasteiger partial charge in [0, 0.05) is 107 Å². The van der Waals surface area contributed by atoms with Crippen molar-refractivity contribution in [2.24, 2.45) is 5.41 Å². The molecule has 0 aliphatic carbocycles. The standard InChI is InChI=1S/C42H50N4O9/c1-41(26-53-38(50)17-16-37(48)49)18-21-46(22-19-41)36(47)9-7-6-8-20-43-39(51)27-10-13-31-30(23-27)40(52)55-42(31)32-14-11-28(44(2)3)24-34(32)54-35-25-29(45(4)5)12-15-33(35)42/h10-15,23-25H,6-9,16-22,26H2,1-5H3,(H,43,51)(H,48,49)/i1T. The molecular weight excluding hydrogens is 704 g/mol. The Morgan fingerprint density at radius 1 is 0.855 bits per heavy atom. The Morgan fingerprint density at radius 2 is 1.49 bits per heavy atom. The Hall–Kier alpha value is -5.59. The van der Waals surface area contributed by atoms with Crippen molar-refractivity contribution in [3.8, 4) is 11.5 Å². The number of amides is 2. The average Bonchev–Trinajstić information content (AvgIpc) is 3.48. The second-order valence-corrected chi connectivity index (χ2v) is 15.1. The van der Waals surface area contributed by atoms with Crippen molar-refractivity contribution < 1.29 is 44.7 Å². The Balaban J connectivity index is 1.02. The Labute approximate surface area is 322 Å². The van der Waals surface area contributed by atoms with Crippen LogP contribution in [0.25, 0.3) is 0 Å². The molecule has 2 amide bonds. The normalized spacial score (nSPS) is 16.1. The van der Waals surface area contributed by atoms with E-state index in [1.165, 1.54) is 0 Å². The fraction of sp³-hybridized carbons (Fsp3) is 0.452. The number of hydrogen-bond acceptors (Lipinski definition) is 10. The molecule has 2 N–H and O–H groups in total. The number of hydrogen-bond donors (Lipinski definition) is 2. The Bertz CT molecular complexity index is 1950. The molecule has 1 spiro atoms. The summed E-state index contributed by atoms with van der Waals surface area (Å²) in [4.78, 5) is 68.1. The molecule has 3 heterocycles. The van der Waals surface area contributed by atoms with E-state index in [1.54, 1.807) is 23.1 Å². The van der Waals surface area contributed by atoms with Gasteiger partial charge in [-0.2, -0.15) is 0 Å². The van der Waals surface area contributed by atoms with Crippen LogP contribution >= 0.6 is 0 Å². The van der Waals surface area contributed by atoms with Crippen molar-refractivity contribution in [2.75, 3.05) is 64.2 Å². The lowest BCUT2D eigenvalue weighted by molar-refractivity contribution is -0.151. The fourth-order valence-corrected chi connectivity index (χ4v) is 7.33. The molecule has 0 atom stereocenters. The van der Waals surface area contributed by atoms with E-state index in [9.17, 15) is 24.0 Å². The minimum Gasteiger partial charge on any atom is -0.481 e. The molecule has 6 rings (SSSR count). The van der Waals surface area contributed by atoms with Gasteiger partial charge in [-0.25, -0.2) is 4.79 Å². The number of benzene rings is 3. The molecule has 3 aromatic carbocycles. The number of nitrogens with one attached hydrogen (secondary N) is 1. The van der Waals surface area contributed by atoms with Gasteiger partial charge in [0.15, 0.2) is 5.60 Å². The number of esters is 2.